The number of carbonyl (C=O) groups excluding carboxylic acids is 1. The fraction of sp³-hybridized carbons (Fsp3) is 0.100. The van der Waals surface area contributed by atoms with Crippen molar-refractivity contribution in [3.63, 3.8) is 0 Å². The number of halogens is 2. The normalized spacial score (nSPS) is 10.6. The van der Waals surface area contributed by atoms with E-state index in [0.29, 0.717) is 23.2 Å². The average molecular weight is 355 g/mol. The van der Waals surface area contributed by atoms with Crippen LogP contribution in [0.15, 0.2) is 59.4 Å². The molecule has 1 aromatic heterocycles. The van der Waals surface area contributed by atoms with Crippen LogP contribution < -0.4 is 10.3 Å². The molecule has 0 amide bonds. The molecule has 26 heavy (non-hydrogen) atoms. The lowest BCUT2D eigenvalue weighted by molar-refractivity contribution is 0.112. The molecule has 0 N–H and O–H groups in total. The fourth-order valence-corrected chi connectivity index (χ4v) is 2.62. The van der Waals surface area contributed by atoms with E-state index in [2.05, 4.69) is 0 Å². The lowest BCUT2D eigenvalue weighted by Gasteiger charge is -2.13. The summed E-state index contributed by atoms with van der Waals surface area (Å²) in [5, 5.41) is 0. The highest BCUT2D eigenvalue weighted by atomic mass is 19.1. The quantitative estimate of drug-likeness (QED) is 0.654. The first kappa shape index (κ1) is 17.5. The topological polar surface area (TPSA) is 48.3 Å². The number of aromatic nitrogens is 1. The van der Waals surface area contributed by atoms with Crippen molar-refractivity contribution in [1.82, 2.24) is 4.57 Å². The summed E-state index contributed by atoms with van der Waals surface area (Å²) < 4.78 is 33.5. The van der Waals surface area contributed by atoms with Crippen LogP contribution in [0.5, 0.6) is 5.75 Å². The van der Waals surface area contributed by atoms with Gasteiger partial charge in [0, 0.05) is 40.7 Å². The van der Waals surface area contributed by atoms with Gasteiger partial charge in [-0.05, 0) is 31.2 Å². The van der Waals surface area contributed by atoms with Gasteiger partial charge in [-0.3, -0.25) is 14.2 Å². The lowest BCUT2D eigenvalue weighted by atomic mass is 10.2. The van der Waals surface area contributed by atoms with Crippen LogP contribution >= 0.6 is 0 Å². The predicted molar refractivity (Wildman–Crippen MR) is 92.9 cm³/mol. The molecule has 0 aliphatic rings. The van der Waals surface area contributed by atoms with Crippen LogP contribution in [0, 0.1) is 18.6 Å². The number of ether oxygens (including phenoxy) is 1. The highest BCUT2D eigenvalue weighted by molar-refractivity contribution is 5.75. The van der Waals surface area contributed by atoms with Crippen LogP contribution in [0.1, 0.15) is 21.6 Å². The Balaban J connectivity index is 1.87. The largest absolute Gasteiger partial charge is 0.489 e. The predicted octanol–water partition coefficient (Wildman–Crippen LogP) is 3.82. The molecule has 0 bridgehead atoms. The van der Waals surface area contributed by atoms with E-state index in [1.807, 2.05) is 0 Å². The summed E-state index contributed by atoms with van der Waals surface area (Å²) in [7, 11) is 0. The van der Waals surface area contributed by atoms with E-state index in [0.717, 1.165) is 12.1 Å². The van der Waals surface area contributed by atoms with Crippen LogP contribution in [0.2, 0.25) is 0 Å². The van der Waals surface area contributed by atoms with Crippen molar-refractivity contribution >= 4 is 6.29 Å². The van der Waals surface area contributed by atoms with Crippen molar-refractivity contribution in [1.29, 1.82) is 0 Å². The van der Waals surface area contributed by atoms with Crippen molar-refractivity contribution in [2.75, 3.05) is 0 Å². The molecule has 2 aromatic carbocycles. The summed E-state index contributed by atoms with van der Waals surface area (Å²) >= 11 is 0. The highest BCUT2D eigenvalue weighted by Crippen LogP contribution is 2.17. The molecule has 0 atom stereocenters. The van der Waals surface area contributed by atoms with E-state index in [4.69, 9.17) is 4.74 Å². The van der Waals surface area contributed by atoms with E-state index in [9.17, 15) is 18.4 Å². The zero-order valence-corrected chi connectivity index (χ0v) is 13.9. The zero-order valence-electron chi connectivity index (χ0n) is 13.9. The third kappa shape index (κ3) is 3.69. The maximum absolute atomic E-state index is 13.7. The molecule has 3 aromatic rings. The summed E-state index contributed by atoms with van der Waals surface area (Å²) in [5.41, 5.74) is 1.46. The molecular formula is C20H15F2NO3. The third-order valence-electron chi connectivity index (χ3n) is 3.86. The molecule has 0 radical (unpaired) electrons. The Hall–Kier alpha value is -3.28. The average Bonchev–Trinajstić information content (AvgIpc) is 2.60. The summed E-state index contributed by atoms with van der Waals surface area (Å²) in [4.78, 5) is 23.4. The molecule has 0 saturated carbocycles. The first-order valence-electron chi connectivity index (χ1n) is 7.84. The van der Waals surface area contributed by atoms with E-state index in [1.54, 1.807) is 37.3 Å². The molecule has 0 aliphatic carbocycles. The molecule has 0 unspecified atom stereocenters. The summed E-state index contributed by atoms with van der Waals surface area (Å²) in [6, 6.07) is 12.8. The second-order valence-electron chi connectivity index (χ2n) is 5.74. The standard InChI is InChI=1S/C20H15F2NO3/c1-13-7-18(26-12-15-5-6-16(21)9-19(15)22)10-20(25)23(13)17-4-2-3-14(8-17)11-24/h2-11H,12H2,1H3. The fourth-order valence-electron chi connectivity index (χ4n) is 2.62. The number of carbonyl (C=O) groups is 1. The number of benzene rings is 2. The van der Waals surface area contributed by atoms with Crippen molar-refractivity contribution in [3.8, 4) is 11.4 Å². The lowest BCUT2D eigenvalue weighted by Crippen LogP contribution is -2.20. The van der Waals surface area contributed by atoms with Gasteiger partial charge < -0.3 is 4.74 Å². The van der Waals surface area contributed by atoms with Gasteiger partial charge in [-0.15, -0.1) is 0 Å². The number of aldehydes is 1. The van der Waals surface area contributed by atoms with E-state index in [-0.39, 0.29) is 23.5 Å². The first-order chi connectivity index (χ1) is 12.5. The number of hydrogen-bond acceptors (Lipinski definition) is 3. The van der Waals surface area contributed by atoms with Gasteiger partial charge in [0.05, 0.1) is 0 Å². The van der Waals surface area contributed by atoms with Gasteiger partial charge in [-0.2, -0.15) is 0 Å². The Morgan fingerprint density at radius 1 is 1.08 bits per heavy atom. The molecule has 4 nitrogen and oxygen atoms in total. The molecule has 132 valence electrons. The van der Waals surface area contributed by atoms with Gasteiger partial charge in [0.15, 0.2) is 0 Å². The van der Waals surface area contributed by atoms with Crippen molar-refractivity contribution in [3.05, 3.63) is 93.4 Å². The monoisotopic (exact) mass is 355 g/mol. The van der Waals surface area contributed by atoms with Gasteiger partial charge in [-0.1, -0.05) is 12.1 Å². The van der Waals surface area contributed by atoms with Gasteiger partial charge in [0.2, 0.25) is 0 Å². The Morgan fingerprint density at radius 2 is 1.88 bits per heavy atom. The number of pyridine rings is 1. The maximum atomic E-state index is 13.7. The van der Waals surface area contributed by atoms with Gasteiger partial charge in [-0.25, -0.2) is 8.78 Å². The van der Waals surface area contributed by atoms with Crippen molar-refractivity contribution in [2.24, 2.45) is 0 Å². The van der Waals surface area contributed by atoms with Crippen LogP contribution in [-0.2, 0) is 6.61 Å². The molecule has 1 heterocycles. The molecule has 6 heteroatoms. The van der Waals surface area contributed by atoms with E-state index in [1.165, 1.54) is 16.7 Å². The van der Waals surface area contributed by atoms with Crippen LogP contribution in [0.3, 0.4) is 0 Å². The second kappa shape index (κ2) is 7.31. The summed E-state index contributed by atoms with van der Waals surface area (Å²) in [6.07, 6.45) is 0.707. The van der Waals surface area contributed by atoms with Gasteiger partial charge >= 0.3 is 0 Å². The first-order valence-corrected chi connectivity index (χ1v) is 7.84. The Kier molecular flexibility index (Phi) is 4.93. The minimum absolute atomic E-state index is 0.129. The van der Waals surface area contributed by atoms with E-state index < -0.39 is 11.6 Å². The Labute approximate surface area is 148 Å². The van der Waals surface area contributed by atoms with Crippen molar-refractivity contribution < 1.29 is 18.3 Å². The number of nitrogens with zero attached hydrogens (tertiary/aromatic N) is 1. The molecule has 3 rings (SSSR count). The molecule has 0 fully saturated rings. The maximum Gasteiger partial charge on any atom is 0.258 e. The molecule has 0 saturated heterocycles. The Morgan fingerprint density at radius 3 is 2.58 bits per heavy atom. The Bertz CT molecular complexity index is 1030. The minimum atomic E-state index is -0.708. The van der Waals surface area contributed by atoms with Crippen LogP contribution in [0.4, 0.5) is 8.78 Å². The highest BCUT2D eigenvalue weighted by Gasteiger charge is 2.09. The van der Waals surface area contributed by atoms with Crippen molar-refractivity contribution in [2.45, 2.75) is 13.5 Å². The summed E-state index contributed by atoms with van der Waals surface area (Å²) in [5.74, 6) is -1.10. The van der Waals surface area contributed by atoms with Gasteiger partial charge in [0.25, 0.3) is 5.56 Å². The van der Waals surface area contributed by atoms with Crippen LogP contribution in [-0.4, -0.2) is 10.9 Å². The number of hydrogen-bond donors (Lipinski definition) is 0. The molecule has 0 spiro atoms. The molecular weight excluding hydrogens is 340 g/mol. The molecule has 0 aliphatic heterocycles. The smallest absolute Gasteiger partial charge is 0.258 e. The third-order valence-corrected chi connectivity index (χ3v) is 3.86. The minimum Gasteiger partial charge on any atom is -0.489 e. The summed E-state index contributed by atoms with van der Waals surface area (Å²) in [6.45, 7) is 1.59. The number of aryl methyl sites for hydroxylation is 1. The second-order valence-corrected chi connectivity index (χ2v) is 5.74. The number of rotatable bonds is 5. The van der Waals surface area contributed by atoms with E-state index >= 15 is 0 Å². The SMILES string of the molecule is Cc1cc(OCc2ccc(F)cc2F)cc(=O)n1-c1cccc(C=O)c1. The van der Waals surface area contributed by atoms with Crippen LogP contribution in [0.25, 0.3) is 5.69 Å². The van der Waals surface area contributed by atoms with Gasteiger partial charge in [0.1, 0.15) is 30.3 Å². The zero-order chi connectivity index (χ0) is 18.7.